The second kappa shape index (κ2) is 13.3. The number of anilines is 1. The molecule has 1 fully saturated rings. The first-order valence-corrected chi connectivity index (χ1v) is 15.0. The van der Waals surface area contributed by atoms with Crippen LogP contribution in [0.4, 0.5) is 23.7 Å². The highest BCUT2D eigenvalue weighted by molar-refractivity contribution is 8.14. The normalized spacial score (nSPS) is 15.1. The molecule has 0 radical (unpaired) electrons. The molecule has 1 aliphatic rings. The van der Waals surface area contributed by atoms with Crippen molar-refractivity contribution in [2.75, 3.05) is 23.7 Å². The van der Waals surface area contributed by atoms with Crippen LogP contribution < -0.4 is 15.0 Å². The molecular formula is C31H31F3N6O2S. The molecule has 12 heteroatoms. The fourth-order valence-corrected chi connectivity index (χ4v) is 5.80. The van der Waals surface area contributed by atoms with Crippen LogP contribution in [0.25, 0.3) is 17.1 Å². The van der Waals surface area contributed by atoms with Crippen LogP contribution in [-0.4, -0.2) is 51.2 Å². The Labute approximate surface area is 252 Å². The van der Waals surface area contributed by atoms with Gasteiger partial charge in [-0.25, -0.2) is 14.5 Å². The van der Waals surface area contributed by atoms with Crippen LogP contribution in [0.15, 0.2) is 84.1 Å². The minimum atomic E-state index is -4.75. The van der Waals surface area contributed by atoms with Crippen LogP contribution in [-0.2, 0) is 6.42 Å². The van der Waals surface area contributed by atoms with Crippen LogP contribution in [0, 0.1) is 0 Å². The molecule has 1 aliphatic heterocycles. The Morgan fingerprint density at radius 1 is 1.07 bits per heavy atom. The van der Waals surface area contributed by atoms with Gasteiger partial charge in [0.1, 0.15) is 12.1 Å². The highest BCUT2D eigenvalue weighted by Gasteiger charge is 2.31. The van der Waals surface area contributed by atoms with Crippen molar-refractivity contribution in [3.63, 3.8) is 0 Å². The summed E-state index contributed by atoms with van der Waals surface area (Å²) in [5.41, 5.74) is 4.72. The smallest absolute Gasteiger partial charge is 0.406 e. The van der Waals surface area contributed by atoms with Crippen molar-refractivity contribution < 1.29 is 22.7 Å². The number of rotatable bonds is 9. The zero-order valence-corrected chi connectivity index (χ0v) is 24.5. The number of aliphatic imine (C=N–C) groups is 1. The minimum Gasteiger partial charge on any atom is -0.406 e. The number of urea groups is 1. The lowest BCUT2D eigenvalue weighted by molar-refractivity contribution is -0.274. The van der Waals surface area contributed by atoms with E-state index in [1.165, 1.54) is 40.8 Å². The number of hydrogen-bond acceptors (Lipinski definition) is 5. The highest BCUT2D eigenvalue weighted by atomic mass is 32.2. The number of benzene rings is 3. The fourth-order valence-electron chi connectivity index (χ4n) is 4.85. The zero-order chi connectivity index (χ0) is 30.4. The van der Waals surface area contributed by atoms with E-state index in [4.69, 9.17) is 0 Å². The Morgan fingerprint density at radius 3 is 2.51 bits per heavy atom. The van der Waals surface area contributed by atoms with Gasteiger partial charge in [0, 0.05) is 36.0 Å². The van der Waals surface area contributed by atoms with Crippen molar-refractivity contribution in [2.24, 2.45) is 4.99 Å². The lowest BCUT2D eigenvalue weighted by atomic mass is 9.95. The number of carbonyl (C=O) groups excluding carboxylic acids is 1. The largest absolute Gasteiger partial charge is 0.573 e. The molecule has 3 aromatic carbocycles. The summed E-state index contributed by atoms with van der Waals surface area (Å²) >= 11 is 1.59. The van der Waals surface area contributed by atoms with Crippen molar-refractivity contribution in [2.45, 2.75) is 39.0 Å². The molecule has 1 aromatic heterocycles. The second-order valence-corrected chi connectivity index (χ2v) is 10.9. The molecule has 1 N–H and O–H groups in total. The Kier molecular flexibility index (Phi) is 9.34. The number of para-hydroxylation sites is 1. The first kappa shape index (κ1) is 30.1. The lowest BCUT2D eigenvalue weighted by Gasteiger charge is -2.21. The van der Waals surface area contributed by atoms with Gasteiger partial charge < -0.3 is 15.0 Å². The van der Waals surface area contributed by atoms with Gasteiger partial charge in [0.2, 0.25) is 0 Å². The third-order valence-electron chi connectivity index (χ3n) is 7.10. The second-order valence-electron chi connectivity index (χ2n) is 9.84. The number of carbonyl (C=O) groups is 1. The standard InChI is InChI=1S/C31H31F3N6O2S/c1-3-21-7-5-6-8-27(21)39-17-18-43-30(39)37-29(41)35-19-22(4-2)23-9-11-24(12-10-23)28-36-20-40(38-28)25-13-15-26(16-14-25)42-31(32,33)34/h5-16,20,22H,3-4,17-19H2,1-2H3,(H,35,41)/b37-30-. The van der Waals surface area contributed by atoms with Crippen molar-refractivity contribution in [3.05, 3.63) is 90.3 Å². The predicted octanol–water partition coefficient (Wildman–Crippen LogP) is 7.21. The number of aryl methyl sites for hydroxylation is 1. The van der Waals surface area contributed by atoms with Crippen molar-refractivity contribution in [1.82, 2.24) is 20.1 Å². The van der Waals surface area contributed by atoms with Crippen LogP contribution in [0.1, 0.15) is 37.3 Å². The van der Waals surface area contributed by atoms with E-state index >= 15 is 0 Å². The van der Waals surface area contributed by atoms with Gasteiger partial charge in [-0.3, -0.25) is 0 Å². The van der Waals surface area contributed by atoms with Crippen LogP contribution >= 0.6 is 11.8 Å². The topological polar surface area (TPSA) is 84.6 Å². The van der Waals surface area contributed by atoms with Crippen molar-refractivity contribution in [3.8, 4) is 22.8 Å². The molecule has 43 heavy (non-hydrogen) atoms. The molecule has 2 amide bonds. The molecule has 2 heterocycles. The van der Waals surface area contributed by atoms with Crippen LogP contribution in [0.2, 0.25) is 0 Å². The maximum absolute atomic E-state index is 12.8. The molecule has 1 unspecified atom stereocenters. The summed E-state index contributed by atoms with van der Waals surface area (Å²) in [4.78, 5) is 23.7. The van der Waals surface area contributed by atoms with E-state index in [9.17, 15) is 18.0 Å². The van der Waals surface area contributed by atoms with E-state index in [-0.39, 0.29) is 17.7 Å². The number of thioether (sulfide) groups is 1. The Hall–Kier alpha value is -4.32. The van der Waals surface area contributed by atoms with Crippen LogP contribution in [0.5, 0.6) is 5.75 Å². The first-order valence-electron chi connectivity index (χ1n) is 14.0. The Morgan fingerprint density at radius 2 is 1.81 bits per heavy atom. The molecule has 0 spiro atoms. The van der Waals surface area contributed by atoms with E-state index in [0.29, 0.717) is 23.2 Å². The average Bonchev–Trinajstić information content (AvgIpc) is 3.68. The maximum atomic E-state index is 12.8. The van der Waals surface area contributed by atoms with Gasteiger partial charge >= 0.3 is 12.4 Å². The Balaban J connectivity index is 1.20. The predicted molar refractivity (Wildman–Crippen MR) is 163 cm³/mol. The van der Waals surface area contributed by atoms with Gasteiger partial charge in [-0.05, 0) is 54.3 Å². The SMILES string of the molecule is CCc1ccccc1N1CCS/C1=N\C(=O)NCC(CC)c1ccc(-c2ncn(-c3ccc(OC(F)(F)F)cc3)n2)cc1. The quantitative estimate of drug-likeness (QED) is 0.216. The molecule has 0 bridgehead atoms. The summed E-state index contributed by atoms with van der Waals surface area (Å²) < 4.78 is 42.7. The molecule has 1 atom stereocenters. The summed E-state index contributed by atoms with van der Waals surface area (Å²) in [6, 6.07) is 21.1. The van der Waals surface area contributed by atoms with E-state index in [0.717, 1.165) is 42.0 Å². The van der Waals surface area contributed by atoms with Gasteiger partial charge in [0.05, 0.1) is 5.69 Å². The number of amidine groups is 1. The molecule has 224 valence electrons. The monoisotopic (exact) mass is 608 g/mol. The maximum Gasteiger partial charge on any atom is 0.573 e. The number of hydrogen-bond donors (Lipinski definition) is 1. The number of ether oxygens (including phenoxy) is 1. The van der Waals surface area contributed by atoms with Crippen molar-refractivity contribution >= 4 is 28.6 Å². The van der Waals surface area contributed by atoms with Gasteiger partial charge in [0.25, 0.3) is 0 Å². The molecule has 8 nitrogen and oxygen atoms in total. The summed E-state index contributed by atoms with van der Waals surface area (Å²) in [6.45, 7) is 5.45. The summed E-state index contributed by atoms with van der Waals surface area (Å²) in [7, 11) is 0. The summed E-state index contributed by atoms with van der Waals surface area (Å²) in [6.07, 6.45) is -1.52. The first-order chi connectivity index (χ1) is 20.7. The molecule has 4 aromatic rings. The van der Waals surface area contributed by atoms with Gasteiger partial charge in [0.15, 0.2) is 11.0 Å². The Bertz CT molecular complexity index is 1570. The van der Waals surface area contributed by atoms with Gasteiger partial charge in [-0.2, -0.15) is 4.99 Å². The van der Waals surface area contributed by atoms with E-state index in [1.54, 1.807) is 11.8 Å². The lowest BCUT2D eigenvalue weighted by Crippen LogP contribution is -2.30. The van der Waals surface area contributed by atoms with E-state index in [1.807, 2.05) is 36.4 Å². The molecule has 5 rings (SSSR count). The van der Waals surface area contributed by atoms with Gasteiger partial charge in [-0.15, -0.1) is 18.3 Å². The zero-order valence-electron chi connectivity index (χ0n) is 23.7. The molecular weight excluding hydrogens is 577 g/mol. The van der Waals surface area contributed by atoms with Crippen molar-refractivity contribution in [1.29, 1.82) is 0 Å². The third-order valence-corrected chi connectivity index (χ3v) is 8.05. The number of alkyl halides is 3. The van der Waals surface area contributed by atoms with Gasteiger partial charge in [-0.1, -0.05) is 68.1 Å². The number of amides is 2. The fraction of sp³-hybridized carbons (Fsp3) is 0.290. The molecule has 0 aliphatic carbocycles. The third kappa shape index (κ3) is 7.56. The summed E-state index contributed by atoms with van der Waals surface area (Å²) in [5.74, 6) is 1.14. The highest BCUT2D eigenvalue weighted by Crippen LogP contribution is 2.29. The van der Waals surface area contributed by atoms with Crippen LogP contribution in [0.3, 0.4) is 0 Å². The number of nitrogens with zero attached hydrogens (tertiary/aromatic N) is 5. The number of nitrogens with one attached hydrogen (secondary N) is 1. The average molecular weight is 609 g/mol. The number of aromatic nitrogens is 3. The van der Waals surface area contributed by atoms with E-state index in [2.05, 4.69) is 56.0 Å². The summed E-state index contributed by atoms with van der Waals surface area (Å²) in [5, 5.41) is 8.16. The minimum absolute atomic E-state index is 0.0919. The molecule has 1 saturated heterocycles. The van der Waals surface area contributed by atoms with E-state index < -0.39 is 6.36 Å². The number of halogens is 3. The molecule has 0 saturated carbocycles.